The molecule has 3 heteroatoms. The first-order valence-electron chi connectivity index (χ1n) is 4.86. The summed E-state index contributed by atoms with van der Waals surface area (Å²) in [5, 5.41) is 0. The van der Waals surface area contributed by atoms with E-state index in [1.54, 1.807) is 0 Å². The van der Waals surface area contributed by atoms with E-state index in [4.69, 9.17) is 4.74 Å². The highest BCUT2D eigenvalue weighted by atomic mass is 19.1. The smallest absolute Gasteiger partial charge is 0.367 e. The Morgan fingerprint density at radius 3 is 2.46 bits per heavy atom. The van der Waals surface area contributed by atoms with Crippen molar-refractivity contribution in [1.82, 2.24) is 0 Å². The van der Waals surface area contributed by atoms with Crippen LogP contribution in [0.2, 0.25) is 0 Å². The fourth-order valence-corrected chi connectivity index (χ4v) is 1.55. The van der Waals surface area contributed by atoms with Gasteiger partial charge in [-0.05, 0) is 44.1 Å². The van der Waals surface area contributed by atoms with Crippen molar-refractivity contribution >= 4 is 5.97 Å². The van der Waals surface area contributed by atoms with Gasteiger partial charge < -0.3 is 4.74 Å². The standard InChI is InChI=1S/C10H13FO2/c11-9(7-3-1-2-4-7)10(12)13-8-5-6-8/h8H,1-6H2. The molecule has 2 fully saturated rings. The normalized spacial score (nSPS) is 21.8. The van der Waals surface area contributed by atoms with Gasteiger partial charge in [-0.1, -0.05) is 0 Å². The number of halogens is 1. The zero-order chi connectivity index (χ0) is 9.26. The molecule has 0 atom stereocenters. The molecular formula is C10H13FO2. The zero-order valence-corrected chi connectivity index (χ0v) is 7.51. The number of hydrogen-bond donors (Lipinski definition) is 0. The Morgan fingerprint density at radius 2 is 1.92 bits per heavy atom. The minimum atomic E-state index is -0.737. The monoisotopic (exact) mass is 184 g/mol. The van der Waals surface area contributed by atoms with Gasteiger partial charge in [-0.3, -0.25) is 0 Å². The van der Waals surface area contributed by atoms with Crippen molar-refractivity contribution in [2.24, 2.45) is 0 Å². The van der Waals surface area contributed by atoms with E-state index in [2.05, 4.69) is 0 Å². The number of rotatable bonds is 2. The van der Waals surface area contributed by atoms with E-state index >= 15 is 0 Å². The molecule has 0 N–H and O–H groups in total. The van der Waals surface area contributed by atoms with Crippen LogP contribution in [0.4, 0.5) is 4.39 Å². The van der Waals surface area contributed by atoms with Crippen LogP contribution in [-0.2, 0) is 9.53 Å². The molecule has 2 aliphatic carbocycles. The molecule has 0 radical (unpaired) electrons. The van der Waals surface area contributed by atoms with Crippen LogP contribution in [0.1, 0.15) is 38.5 Å². The summed E-state index contributed by atoms with van der Waals surface area (Å²) >= 11 is 0. The first kappa shape index (κ1) is 8.73. The summed E-state index contributed by atoms with van der Waals surface area (Å²) in [7, 11) is 0. The van der Waals surface area contributed by atoms with Gasteiger partial charge in [-0.25, -0.2) is 4.79 Å². The van der Waals surface area contributed by atoms with Crippen molar-refractivity contribution in [2.45, 2.75) is 44.6 Å². The van der Waals surface area contributed by atoms with Crippen LogP contribution in [0.3, 0.4) is 0 Å². The number of esters is 1. The van der Waals surface area contributed by atoms with Crippen LogP contribution < -0.4 is 0 Å². The van der Waals surface area contributed by atoms with E-state index in [9.17, 15) is 9.18 Å². The second-order valence-corrected chi connectivity index (χ2v) is 3.73. The molecule has 2 aliphatic rings. The van der Waals surface area contributed by atoms with Crippen molar-refractivity contribution in [1.29, 1.82) is 0 Å². The molecule has 72 valence electrons. The third-order valence-electron chi connectivity index (χ3n) is 2.49. The van der Waals surface area contributed by atoms with Gasteiger partial charge >= 0.3 is 5.97 Å². The lowest BCUT2D eigenvalue weighted by Gasteiger charge is -2.02. The minimum absolute atomic E-state index is 0.000234. The first-order valence-corrected chi connectivity index (χ1v) is 4.86. The minimum Gasteiger partial charge on any atom is -0.457 e. The second kappa shape index (κ2) is 3.48. The SMILES string of the molecule is O=C(OC1CC1)C(F)=C1CCCC1. The summed E-state index contributed by atoms with van der Waals surface area (Å²) < 4.78 is 18.2. The molecule has 0 aromatic carbocycles. The topological polar surface area (TPSA) is 26.3 Å². The quantitative estimate of drug-likeness (QED) is 0.487. The van der Waals surface area contributed by atoms with Crippen LogP contribution in [-0.4, -0.2) is 12.1 Å². The van der Waals surface area contributed by atoms with Gasteiger partial charge in [0.25, 0.3) is 0 Å². The maximum atomic E-state index is 13.3. The Kier molecular flexibility index (Phi) is 2.34. The summed E-state index contributed by atoms with van der Waals surface area (Å²) in [6.45, 7) is 0. The van der Waals surface area contributed by atoms with Gasteiger partial charge in [0.1, 0.15) is 6.10 Å². The predicted molar refractivity (Wildman–Crippen MR) is 45.7 cm³/mol. The maximum absolute atomic E-state index is 13.3. The predicted octanol–water partition coefficient (Wildman–Crippen LogP) is 2.49. The van der Waals surface area contributed by atoms with Gasteiger partial charge in [0.05, 0.1) is 0 Å². The fourth-order valence-electron chi connectivity index (χ4n) is 1.55. The van der Waals surface area contributed by atoms with Crippen LogP contribution in [0.15, 0.2) is 11.4 Å². The van der Waals surface area contributed by atoms with E-state index in [-0.39, 0.29) is 6.10 Å². The highest BCUT2D eigenvalue weighted by Crippen LogP contribution is 2.30. The third-order valence-corrected chi connectivity index (χ3v) is 2.49. The van der Waals surface area contributed by atoms with E-state index in [0.717, 1.165) is 38.5 Å². The molecule has 0 unspecified atom stereocenters. The molecule has 2 rings (SSSR count). The molecule has 0 spiro atoms. The van der Waals surface area contributed by atoms with Crippen molar-refractivity contribution in [3.05, 3.63) is 11.4 Å². The lowest BCUT2D eigenvalue weighted by Crippen LogP contribution is -2.08. The van der Waals surface area contributed by atoms with E-state index in [1.165, 1.54) is 0 Å². The number of ether oxygens (including phenoxy) is 1. The summed E-state index contributed by atoms with van der Waals surface area (Å²) in [6, 6.07) is 0. The maximum Gasteiger partial charge on any atom is 0.367 e. The van der Waals surface area contributed by atoms with Gasteiger partial charge in [0, 0.05) is 0 Å². The van der Waals surface area contributed by atoms with Gasteiger partial charge in [-0.2, -0.15) is 4.39 Å². The Labute approximate surface area is 76.8 Å². The number of carbonyl (C=O) groups excluding carboxylic acids is 1. The number of carbonyl (C=O) groups is 1. The summed E-state index contributed by atoms with van der Waals surface area (Å²) in [5.74, 6) is -1.36. The highest BCUT2D eigenvalue weighted by molar-refractivity contribution is 5.87. The van der Waals surface area contributed by atoms with Crippen LogP contribution >= 0.6 is 0 Å². The van der Waals surface area contributed by atoms with Crippen LogP contribution in [0.5, 0.6) is 0 Å². The van der Waals surface area contributed by atoms with E-state index < -0.39 is 11.8 Å². The van der Waals surface area contributed by atoms with E-state index in [0.29, 0.717) is 5.57 Å². The average molecular weight is 184 g/mol. The molecule has 13 heavy (non-hydrogen) atoms. The molecule has 0 bridgehead atoms. The molecule has 0 saturated heterocycles. The van der Waals surface area contributed by atoms with Gasteiger partial charge in [-0.15, -0.1) is 0 Å². The lowest BCUT2D eigenvalue weighted by atomic mass is 10.2. The molecular weight excluding hydrogens is 171 g/mol. The third kappa shape index (κ3) is 2.08. The van der Waals surface area contributed by atoms with Gasteiger partial charge in [0.2, 0.25) is 5.83 Å². The van der Waals surface area contributed by atoms with Crippen molar-refractivity contribution in [2.75, 3.05) is 0 Å². The summed E-state index contributed by atoms with van der Waals surface area (Å²) in [4.78, 5) is 11.1. The zero-order valence-electron chi connectivity index (χ0n) is 7.51. The van der Waals surface area contributed by atoms with Crippen LogP contribution in [0.25, 0.3) is 0 Å². The molecule has 2 saturated carbocycles. The number of allylic oxidation sites excluding steroid dienone is 1. The summed E-state index contributed by atoms with van der Waals surface area (Å²) in [6.07, 6.45) is 5.25. The molecule has 0 aliphatic heterocycles. The molecule has 0 heterocycles. The van der Waals surface area contributed by atoms with Crippen molar-refractivity contribution in [3.63, 3.8) is 0 Å². The van der Waals surface area contributed by atoms with E-state index in [1.807, 2.05) is 0 Å². The van der Waals surface area contributed by atoms with Crippen LogP contribution in [0, 0.1) is 0 Å². The Balaban J connectivity index is 1.96. The Bertz CT molecular complexity index is 246. The lowest BCUT2D eigenvalue weighted by molar-refractivity contribution is -0.142. The molecule has 2 nitrogen and oxygen atoms in total. The molecule has 0 amide bonds. The highest BCUT2D eigenvalue weighted by Gasteiger charge is 2.29. The Hall–Kier alpha value is -0.860. The van der Waals surface area contributed by atoms with Crippen molar-refractivity contribution < 1.29 is 13.9 Å². The largest absolute Gasteiger partial charge is 0.457 e. The second-order valence-electron chi connectivity index (χ2n) is 3.73. The fraction of sp³-hybridized carbons (Fsp3) is 0.700. The first-order chi connectivity index (χ1) is 6.27. The number of hydrogen-bond acceptors (Lipinski definition) is 2. The van der Waals surface area contributed by atoms with Crippen molar-refractivity contribution in [3.8, 4) is 0 Å². The molecule has 0 aromatic rings. The Morgan fingerprint density at radius 1 is 1.31 bits per heavy atom. The average Bonchev–Trinajstić information content (AvgIpc) is 2.78. The van der Waals surface area contributed by atoms with Gasteiger partial charge in [0.15, 0.2) is 0 Å². The summed E-state index contributed by atoms with van der Waals surface area (Å²) in [5.41, 5.74) is 0.658. The molecule has 0 aromatic heterocycles.